The number of benzene rings is 1. The molecule has 4 heterocycles. The molecule has 4 aliphatic heterocycles. The largest absolute Gasteiger partial charge is 0.499 e. The van der Waals surface area contributed by atoms with Gasteiger partial charge < -0.3 is 29.7 Å². The van der Waals surface area contributed by atoms with E-state index in [2.05, 4.69) is 5.32 Å². The molecule has 0 aromatic heterocycles. The van der Waals surface area contributed by atoms with Crippen molar-refractivity contribution in [2.45, 2.75) is 30.7 Å². The summed E-state index contributed by atoms with van der Waals surface area (Å²) in [5.74, 6) is -4.86. The molecule has 3 fully saturated rings. The number of carbonyl (C=O) groups is 4. The Kier molecular flexibility index (Phi) is 8.03. The van der Waals surface area contributed by atoms with Crippen LogP contribution in [0.5, 0.6) is 0 Å². The fourth-order valence-corrected chi connectivity index (χ4v) is 7.66. The average molecular weight is 595 g/mol. The Morgan fingerprint density at radius 2 is 1.78 bits per heavy atom. The molecule has 1 spiro atoms. The quantitative estimate of drug-likeness (QED) is 0.365. The van der Waals surface area contributed by atoms with E-state index < -0.39 is 50.9 Å². The van der Waals surface area contributed by atoms with Gasteiger partial charge in [-0.2, -0.15) is 4.31 Å². The van der Waals surface area contributed by atoms with Crippen LogP contribution in [0, 0.1) is 17.2 Å². The van der Waals surface area contributed by atoms with Crippen molar-refractivity contribution in [1.82, 2.24) is 19.4 Å². The summed E-state index contributed by atoms with van der Waals surface area (Å²) < 4.78 is 52.8. The molecule has 2 N–H and O–H groups in total. The van der Waals surface area contributed by atoms with Gasteiger partial charge in [-0.15, -0.1) is 0 Å². The molecule has 1 atom stereocenters. The van der Waals surface area contributed by atoms with Crippen LogP contribution in [-0.2, 0) is 40.4 Å². The highest BCUT2D eigenvalue weighted by Gasteiger charge is 2.59. The molecule has 5 rings (SSSR count). The summed E-state index contributed by atoms with van der Waals surface area (Å²) in [6.07, 6.45) is 0.913. The van der Waals surface area contributed by atoms with Crippen LogP contribution >= 0.6 is 0 Å². The third-order valence-corrected chi connectivity index (χ3v) is 10.1. The zero-order valence-electron chi connectivity index (χ0n) is 22.2. The van der Waals surface area contributed by atoms with Gasteiger partial charge in [0.15, 0.2) is 0 Å². The number of rotatable bonds is 5. The second-order valence-electron chi connectivity index (χ2n) is 10.4. The lowest BCUT2D eigenvalue weighted by Gasteiger charge is -2.50. The van der Waals surface area contributed by atoms with E-state index in [1.54, 1.807) is 0 Å². The van der Waals surface area contributed by atoms with Crippen molar-refractivity contribution in [2.24, 2.45) is 11.3 Å². The van der Waals surface area contributed by atoms with E-state index in [0.29, 0.717) is 18.7 Å². The fourth-order valence-electron chi connectivity index (χ4n) is 6.02. The Bertz CT molecular complexity index is 1380. The van der Waals surface area contributed by atoms with Crippen molar-refractivity contribution >= 4 is 33.7 Å². The molecule has 0 radical (unpaired) electrons. The van der Waals surface area contributed by atoms with E-state index in [0.717, 1.165) is 12.1 Å². The minimum absolute atomic E-state index is 0.0334. The number of carbonyl (C=O) groups excluding carboxylic acids is 3. The van der Waals surface area contributed by atoms with Crippen molar-refractivity contribution in [3.8, 4) is 0 Å². The summed E-state index contributed by atoms with van der Waals surface area (Å²) in [5, 5.41) is 12.1. The summed E-state index contributed by atoms with van der Waals surface area (Å²) in [6.45, 7) is 0.796. The molecule has 0 aliphatic carbocycles. The highest BCUT2D eigenvalue weighted by molar-refractivity contribution is 7.89. The smallest absolute Gasteiger partial charge is 0.407 e. The molecule has 3 saturated heterocycles. The predicted octanol–water partition coefficient (Wildman–Crippen LogP) is 0.512. The van der Waals surface area contributed by atoms with Gasteiger partial charge in [-0.1, -0.05) is 6.07 Å². The number of nitrogens with one attached hydrogen (secondary N) is 1. The van der Waals surface area contributed by atoms with Crippen LogP contribution < -0.4 is 5.32 Å². The third kappa shape index (κ3) is 5.28. The summed E-state index contributed by atoms with van der Waals surface area (Å²) in [4.78, 5) is 54.2. The van der Waals surface area contributed by atoms with E-state index in [1.165, 1.54) is 26.4 Å². The number of amides is 3. The van der Waals surface area contributed by atoms with Gasteiger partial charge in [-0.3, -0.25) is 14.4 Å². The molecular weight excluding hydrogens is 563 g/mol. The van der Waals surface area contributed by atoms with Gasteiger partial charge in [-0.05, 0) is 37.0 Å². The Hall–Kier alpha value is -3.56. The Morgan fingerprint density at radius 3 is 2.46 bits per heavy atom. The number of sulfonamides is 1. The summed E-state index contributed by atoms with van der Waals surface area (Å²) in [7, 11) is -4.12. The van der Waals surface area contributed by atoms with E-state index >= 15 is 0 Å². The van der Waals surface area contributed by atoms with Crippen LogP contribution in [0.15, 0.2) is 35.1 Å². The fraction of sp³-hybridized carbons (Fsp3) is 0.538. The first kappa shape index (κ1) is 29.0. The van der Waals surface area contributed by atoms with Gasteiger partial charge in [0, 0.05) is 44.7 Å². The maximum Gasteiger partial charge on any atom is 0.407 e. The summed E-state index contributed by atoms with van der Waals surface area (Å²) >= 11 is 0. The third-order valence-electron chi connectivity index (χ3n) is 8.17. The number of ether oxygens (including phenoxy) is 2. The number of hydrogen-bond donors (Lipinski definition) is 2. The summed E-state index contributed by atoms with van der Waals surface area (Å²) in [5.41, 5.74) is -0.743. The van der Waals surface area contributed by atoms with Crippen molar-refractivity contribution in [2.75, 3.05) is 52.5 Å². The first-order chi connectivity index (χ1) is 19.6. The minimum Gasteiger partial charge on any atom is -0.499 e. The van der Waals surface area contributed by atoms with Crippen LogP contribution in [0.4, 0.5) is 9.18 Å². The Morgan fingerprint density at radius 1 is 1.07 bits per heavy atom. The van der Waals surface area contributed by atoms with E-state index in [-0.39, 0.29) is 75.8 Å². The second-order valence-corrected chi connectivity index (χ2v) is 12.3. The molecule has 3 amide bonds. The number of piperidine rings is 2. The Balaban J connectivity index is 1.45. The number of fused-ring (bicyclic) bond motifs is 2. The van der Waals surface area contributed by atoms with Gasteiger partial charge >= 0.3 is 6.09 Å². The van der Waals surface area contributed by atoms with Gasteiger partial charge in [0.1, 0.15) is 18.0 Å². The van der Waals surface area contributed by atoms with Crippen molar-refractivity contribution in [3.05, 3.63) is 41.5 Å². The molecule has 0 saturated carbocycles. The lowest BCUT2D eigenvalue weighted by molar-refractivity contribution is -0.158. The van der Waals surface area contributed by atoms with Crippen LogP contribution in [0.25, 0.3) is 0 Å². The predicted molar refractivity (Wildman–Crippen MR) is 138 cm³/mol. The number of morpholine rings is 1. The molecule has 41 heavy (non-hydrogen) atoms. The zero-order valence-corrected chi connectivity index (χ0v) is 23.0. The zero-order chi connectivity index (χ0) is 29.4. The van der Waals surface area contributed by atoms with Crippen LogP contribution in [-0.4, -0.2) is 104 Å². The maximum absolute atomic E-state index is 14.2. The standard InChI is InChI=1S/C26H31FN4O9S/c27-18-3-2-17(19(14-18)41(37,38)30-9-12-39-13-10-30)15-28-23(33)21-22(32)24(34)31-6-1-11-40-16-20(31)26(21)4-7-29(8-5-26)25(35)36/h2-3,14,16,21H,1,4-13,15H2,(H,28,33)(H,35,36). The first-order valence-electron chi connectivity index (χ1n) is 13.4. The maximum atomic E-state index is 14.2. The van der Waals surface area contributed by atoms with Gasteiger partial charge in [0.05, 0.1) is 30.4 Å². The number of likely N-dealkylation sites (tertiary alicyclic amines) is 1. The number of halogens is 1. The number of allylic oxidation sites excluding steroid dienone is 1. The number of hydrogen-bond acceptors (Lipinski definition) is 8. The molecule has 222 valence electrons. The first-order valence-corrected chi connectivity index (χ1v) is 14.8. The molecule has 1 aromatic rings. The van der Waals surface area contributed by atoms with Gasteiger partial charge in [-0.25, -0.2) is 17.6 Å². The number of carboxylic acid groups (broad SMARTS) is 1. The monoisotopic (exact) mass is 594 g/mol. The molecule has 1 aromatic carbocycles. The highest BCUT2D eigenvalue weighted by Crippen LogP contribution is 2.50. The SMILES string of the molecule is O=C(NCc1ccc(F)cc1S(=O)(=O)N1CCOCC1)C1C(=O)C(=O)N2CCCOC=C2C12CCN(C(=O)O)CC2. The topological polar surface area (TPSA) is 163 Å². The van der Waals surface area contributed by atoms with Gasteiger partial charge in [0.2, 0.25) is 21.7 Å². The number of nitrogens with zero attached hydrogens (tertiary/aromatic N) is 3. The number of ketones is 1. The molecule has 15 heteroatoms. The van der Waals surface area contributed by atoms with Crippen LogP contribution in [0.2, 0.25) is 0 Å². The van der Waals surface area contributed by atoms with Crippen molar-refractivity contribution in [1.29, 1.82) is 0 Å². The van der Waals surface area contributed by atoms with Crippen molar-refractivity contribution < 1.29 is 46.6 Å². The molecule has 4 aliphatic rings. The normalized spacial score (nSPS) is 23.3. The molecule has 1 unspecified atom stereocenters. The van der Waals surface area contributed by atoms with Crippen molar-refractivity contribution in [3.63, 3.8) is 0 Å². The molecule has 0 bridgehead atoms. The highest BCUT2D eigenvalue weighted by atomic mass is 32.2. The average Bonchev–Trinajstić information content (AvgIpc) is 3.23. The van der Waals surface area contributed by atoms with E-state index in [1.807, 2.05) is 0 Å². The van der Waals surface area contributed by atoms with E-state index in [4.69, 9.17) is 9.47 Å². The summed E-state index contributed by atoms with van der Waals surface area (Å²) in [6, 6.07) is 3.21. The number of Topliss-reactive ketones (excluding diaryl/α,β-unsaturated/α-hetero) is 1. The molecule has 13 nitrogen and oxygen atoms in total. The van der Waals surface area contributed by atoms with E-state index in [9.17, 15) is 37.1 Å². The lowest BCUT2D eigenvalue weighted by Crippen LogP contribution is -2.62. The lowest BCUT2D eigenvalue weighted by atomic mass is 9.62. The molecular formula is C26H31FN4O9S. The minimum atomic E-state index is -4.12. The second kappa shape index (κ2) is 11.4. The Labute approximate surface area is 235 Å². The van der Waals surface area contributed by atoms with Crippen LogP contribution in [0.3, 0.4) is 0 Å². The van der Waals surface area contributed by atoms with Crippen LogP contribution in [0.1, 0.15) is 24.8 Å². The van der Waals surface area contributed by atoms with Gasteiger partial charge in [0.25, 0.3) is 5.91 Å².